The van der Waals surface area contributed by atoms with Crippen LogP contribution in [-0.2, 0) is 0 Å². The van der Waals surface area contributed by atoms with Crippen LogP contribution in [0.3, 0.4) is 0 Å². The van der Waals surface area contributed by atoms with Crippen LogP contribution in [0.25, 0.3) is 0 Å². The van der Waals surface area contributed by atoms with Crippen molar-refractivity contribution >= 4 is 11.8 Å². The van der Waals surface area contributed by atoms with Crippen LogP contribution in [0.2, 0.25) is 0 Å². The van der Waals surface area contributed by atoms with Gasteiger partial charge in [-0.25, -0.2) is 0 Å². The number of furan rings is 1. The Morgan fingerprint density at radius 2 is 1.55 bits per heavy atom. The Morgan fingerprint density at radius 1 is 0.909 bits per heavy atom. The van der Waals surface area contributed by atoms with Crippen LogP contribution in [0.4, 0.5) is 0 Å². The van der Waals surface area contributed by atoms with E-state index in [4.69, 9.17) is 4.42 Å². The van der Waals surface area contributed by atoms with Crippen molar-refractivity contribution in [3.8, 4) is 5.75 Å². The standard InChI is InChI=1S/C16H16N2O4/c19-13-5-2-1-4-12(13)15(20)17-7-9-18(10-8-17)16(21)14-6-3-11-22-14/h1-6,11,19H,7-10H2. The fourth-order valence-corrected chi connectivity index (χ4v) is 2.49. The molecule has 3 rings (SSSR count). The highest BCUT2D eigenvalue weighted by Gasteiger charge is 2.27. The van der Waals surface area contributed by atoms with Crippen LogP contribution in [0.1, 0.15) is 20.9 Å². The van der Waals surface area contributed by atoms with E-state index in [-0.39, 0.29) is 23.1 Å². The zero-order chi connectivity index (χ0) is 15.5. The van der Waals surface area contributed by atoms with E-state index in [0.717, 1.165) is 0 Å². The average Bonchev–Trinajstić information content (AvgIpc) is 3.09. The molecule has 0 bridgehead atoms. The summed E-state index contributed by atoms with van der Waals surface area (Å²) < 4.78 is 5.10. The number of piperazine rings is 1. The van der Waals surface area contributed by atoms with E-state index in [0.29, 0.717) is 31.9 Å². The molecule has 0 saturated carbocycles. The minimum Gasteiger partial charge on any atom is -0.507 e. The number of para-hydroxylation sites is 1. The second kappa shape index (κ2) is 5.93. The average molecular weight is 300 g/mol. The Bertz CT molecular complexity index is 673. The first-order valence-corrected chi connectivity index (χ1v) is 7.07. The summed E-state index contributed by atoms with van der Waals surface area (Å²) in [5.74, 6) is -0.107. The molecule has 0 spiro atoms. The van der Waals surface area contributed by atoms with Gasteiger partial charge in [-0.2, -0.15) is 0 Å². The summed E-state index contributed by atoms with van der Waals surface area (Å²) in [5, 5.41) is 9.75. The molecular weight excluding hydrogens is 284 g/mol. The van der Waals surface area contributed by atoms with Crippen LogP contribution in [0, 0.1) is 0 Å². The number of hydrogen-bond acceptors (Lipinski definition) is 4. The number of phenols is 1. The number of phenolic OH excluding ortho intramolecular Hbond substituents is 1. The lowest BCUT2D eigenvalue weighted by Crippen LogP contribution is -2.50. The molecule has 0 aliphatic carbocycles. The molecule has 114 valence electrons. The van der Waals surface area contributed by atoms with Crippen molar-refractivity contribution in [1.82, 2.24) is 9.80 Å². The fraction of sp³-hybridized carbons (Fsp3) is 0.250. The van der Waals surface area contributed by atoms with Crippen molar-refractivity contribution in [2.75, 3.05) is 26.2 Å². The molecule has 6 nitrogen and oxygen atoms in total. The maximum Gasteiger partial charge on any atom is 0.289 e. The highest BCUT2D eigenvalue weighted by molar-refractivity contribution is 5.97. The van der Waals surface area contributed by atoms with E-state index in [1.165, 1.54) is 12.3 Å². The smallest absolute Gasteiger partial charge is 0.289 e. The van der Waals surface area contributed by atoms with Gasteiger partial charge in [0, 0.05) is 26.2 Å². The van der Waals surface area contributed by atoms with E-state index in [9.17, 15) is 14.7 Å². The van der Waals surface area contributed by atoms with Crippen LogP contribution in [0.15, 0.2) is 47.1 Å². The minimum atomic E-state index is -0.219. The molecule has 1 aliphatic rings. The van der Waals surface area contributed by atoms with Crippen molar-refractivity contribution in [2.45, 2.75) is 0 Å². The first-order chi connectivity index (χ1) is 10.7. The second-order valence-electron chi connectivity index (χ2n) is 5.08. The SMILES string of the molecule is O=C(c1ccco1)N1CCN(C(=O)c2ccccc2O)CC1. The molecule has 1 saturated heterocycles. The van der Waals surface area contributed by atoms with Gasteiger partial charge in [0.05, 0.1) is 11.8 Å². The van der Waals surface area contributed by atoms with E-state index < -0.39 is 0 Å². The predicted octanol–water partition coefficient (Wildman–Crippen LogP) is 1.58. The normalized spacial score (nSPS) is 14.9. The molecule has 2 aromatic rings. The number of amides is 2. The van der Waals surface area contributed by atoms with E-state index >= 15 is 0 Å². The van der Waals surface area contributed by atoms with Gasteiger partial charge in [0.2, 0.25) is 0 Å². The molecule has 1 N–H and O–H groups in total. The zero-order valence-electron chi connectivity index (χ0n) is 11.9. The summed E-state index contributed by atoms with van der Waals surface area (Å²) in [6, 6.07) is 9.77. The van der Waals surface area contributed by atoms with Crippen molar-refractivity contribution in [2.24, 2.45) is 0 Å². The third kappa shape index (κ3) is 2.67. The first kappa shape index (κ1) is 14.2. The Morgan fingerprint density at radius 3 is 2.14 bits per heavy atom. The summed E-state index contributed by atoms with van der Waals surface area (Å²) in [4.78, 5) is 27.8. The number of hydrogen-bond donors (Lipinski definition) is 1. The maximum absolute atomic E-state index is 12.4. The predicted molar refractivity (Wildman–Crippen MR) is 78.6 cm³/mol. The molecule has 0 radical (unpaired) electrons. The Hall–Kier alpha value is -2.76. The van der Waals surface area contributed by atoms with Crippen molar-refractivity contribution in [1.29, 1.82) is 0 Å². The van der Waals surface area contributed by atoms with Gasteiger partial charge >= 0.3 is 0 Å². The van der Waals surface area contributed by atoms with Gasteiger partial charge in [0.15, 0.2) is 5.76 Å². The van der Waals surface area contributed by atoms with Crippen LogP contribution in [0.5, 0.6) is 5.75 Å². The number of aromatic hydroxyl groups is 1. The number of carbonyl (C=O) groups excluding carboxylic acids is 2. The van der Waals surface area contributed by atoms with E-state index in [2.05, 4.69) is 0 Å². The number of benzene rings is 1. The summed E-state index contributed by atoms with van der Waals surface area (Å²) in [7, 11) is 0. The zero-order valence-corrected chi connectivity index (χ0v) is 11.9. The van der Waals surface area contributed by atoms with Crippen LogP contribution in [-0.4, -0.2) is 52.9 Å². The fourth-order valence-electron chi connectivity index (χ4n) is 2.49. The number of nitrogens with zero attached hydrogens (tertiary/aromatic N) is 2. The highest BCUT2D eigenvalue weighted by atomic mass is 16.3. The van der Waals surface area contributed by atoms with E-state index in [1.54, 1.807) is 40.1 Å². The highest BCUT2D eigenvalue weighted by Crippen LogP contribution is 2.19. The van der Waals surface area contributed by atoms with Gasteiger partial charge in [0.25, 0.3) is 11.8 Å². The van der Waals surface area contributed by atoms with Crippen molar-refractivity contribution < 1.29 is 19.1 Å². The van der Waals surface area contributed by atoms with Gasteiger partial charge in [-0.1, -0.05) is 12.1 Å². The lowest BCUT2D eigenvalue weighted by atomic mass is 10.1. The molecule has 0 unspecified atom stereocenters. The minimum absolute atomic E-state index is 0.0263. The summed E-state index contributed by atoms with van der Waals surface area (Å²) in [5.41, 5.74) is 0.285. The van der Waals surface area contributed by atoms with Gasteiger partial charge in [0.1, 0.15) is 5.75 Å². The van der Waals surface area contributed by atoms with Crippen LogP contribution >= 0.6 is 0 Å². The summed E-state index contributed by atoms with van der Waals surface area (Å²) in [6.07, 6.45) is 1.46. The topological polar surface area (TPSA) is 74.0 Å². The van der Waals surface area contributed by atoms with Crippen LogP contribution < -0.4 is 0 Å². The Kier molecular flexibility index (Phi) is 3.82. The molecule has 1 aliphatic heterocycles. The number of carbonyl (C=O) groups is 2. The molecule has 1 aromatic carbocycles. The van der Waals surface area contributed by atoms with E-state index in [1.807, 2.05) is 0 Å². The van der Waals surface area contributed by atoms with Gasteiger partial charge in [-0.3, -0.25) is 9.59 Å². The Labute approximate surface area is 127 Å². The van der Waals surface area contributed by atoms with Gasteiger partial charge in [-0.15, -0.1) is 0 Å². The molecular formula is C16H16N2O4. The second-order valence-corrected chi connectivity index (χ2v) is 5.08. The molecule has 0 atom stereocenters. The van der Waals surface area contributed by atoms with Gasteiger partial charge in [-0.05, 0) is 24.3 Å². The van der Waals surface area contributed by atoms with Crippen molar-refractivity contribution in [3.05, 3.63) is 54.0 Å². The molecule has 2 heterocycles. The molecule has 2 amide bonds. The Balaban J connectivity index is 1.63. The summed E-state index contributed by atoms with van der Waals surface area (Å²) >= 11 is 0. The van der Waals surface area contributed by atoms with Crippen molar-refractivity contribution in [3.63, 3.8) is 0 Å². The summed E-state index contributed by atoms with van der Waals surface area (Å²) in [6.45, 7) is 1.75. The first-order valence-electron chi connectivity index (χ1n) is 7.07. The largest absolute Gasteiger partial charge is 0.507 e. The lowest BCUT2D eigenvalue weighted by molar-refractivity contribution is 0.0516. The lowest BCUT2D eigenvalue weighted by Gasteiger charge is -2.34. The maximum atomic E-state index is 12.4. The molecule has 1 fully saturated rings. The molecule has 6 heteroatoms. The molecule has 22 heavy (non-hydrogen) atoms. The number of rotatable bonds is 2. The molecule has 1 aromatic heterocycles. The third-order valence-corrected chi connectivity index (χ3v) is 3.72. The monoisotopic (exact) mass is 300 g/mol. The van der Waals surface area contributed by atoms with Gasteiger partial charge < -0.3 is 19.3 Å². The quantitative estimate of drug-likeness (QED) is 0.914. The third-order valence-electron chi connectivity index (χ3n) is 3.72.